The molecule has 1 N–H and O–H groups in total. The molecule has 1 aliphatic heterocycles. The number of allylic oxidation sites excluding steroid dienone is 3. The molecule has 1 heterocycles. The summed E-state index contributed by atoms with van der Waals surface area (Å²) in [5.74, 6) is 0. The molecule has 0 spiro atoms. The van der Waals surface area contributed by atoms with Crippen LogP contribution in [0.4, 0.5) is 4.39 Å². The van der Waals surface area contributed by atoms with Crippen molar-refractivity contribution in [2.24, 2.45) is 0 Å². The number of nitrogens with one attached hydrogen (secondary N) is 1. The topological polar surface area (TPSA) is 12.0 Å². The van der Waals surface area contributed by atoms with Crippen LogP contribution in [0.2, 0.25) is 0 Å². The molecule has 0 atom stereocenters. The van der Waals surface area contributed by atoms with E-state index in [-0.39, 0.29) is 5.16 Å². The van der Waals surface area contributed by atoms with Gasteiger partial charge in [0.05, 0.1) is 0 Å². The molecule has 1 aliphatic rings. The predicted octanol–water partition coefficient (Wildman–Crippen LogP) is 4.73. The highest BCUT2D eigenvalue weighted by atomic mass is 32.2. The minimum Gasteiger partial charge on any atom is -0.324 e. The predicted molar refractivity (Wildman–Crippen MR) is 70.0 cm³/mol. The number of rotatable bonds is 1. The Morgan fingerprint density at radius 1 is 1.33 bits per heavy atom. The van der Waals surface area contributed by atoms with Gasteiger partial charge in [0.15, 0.2) is 5.16 Å². The van der Waals surface area contributed by atoms with Gasteiger partial charge in [-0.15, -0.1) is 0 Å². The Hall–Kier alpha value is -0.960. The zero-order valence-electron chi connectivity index (χ0n) is 9.93. The Balaban J connectivity index is 0. The Bertz CT molecular complexity index is 254. The molecule has 0 saturated heterocycles. The van der Waals surface area contributed by atoms with Crippen molar-refractivity contribution in [3.8, 4) is 0 Å². The van der Waals surface area contributed by atoms with E-state index in [1.54, 1.807) is 12.2 Å². The van der Waals surface area contributed by atoms with Gasteiger partial charge in [0.2, 0.25) is 0 Å². The maximum absolute atomic E-state index is 12.6. The zero-order chi connectivity index (χ0) is 12.3. The van der Waals surface area contributed by atoms with Crippen molar-refractivity contribution < 1.29 is 4.39 Å². The molecule has 0 unspecified atom stereocenters. The molecule has 86 valence electrons. The number of hydrogen-bond acceptors (Lipinski definition) is 2. The van der Waals surface area contributed by atoms with Gasteiger partial charge in [-0.2, -0.15) is 4.39 Å². The van der Waals surface area contributed by atoms with Gasteiger partial charge < -0.3 is 4.72 Å². The molecule has 1 nitrogen and oxygen atoms in total. The SMILES string of the molecule is C=C/C=C1/C=C(F)SNC1=C.CC.CC. The van der Waals surface area contributed by atoms with Crippen molar-refractivity contribution in [3.63, 3.8) is 0 Å². The second-order valence-electron chi connectivity index (χ2n) is 1.99. The lowest BCUT2D eigenvalue weighted by Crippen LogP contribution is -2.07. The van der Waals surface area contributed by atoms with E-state index in [0.29, 0.717) is 5.70 Å². The van der Waals surface area contributed by atoms with Gasteiger partial charge in [-0.1, -0.05) is 53.0 Å². The van der Waals surface area contributed by atoms with E-state index in [9.17, 15) is 4.39 Å². The van der Waals surface area contributed by atoms with E-state index in [0.717, 1.165) is 17.5 Å². The molecule has 15 heavy (non-hydrogen) atoms. The van der Waals surface area contributed by atoms with Gasteiger partial charge in [0.1, 0.15) is 0 Å². The van der Waals surface area contributed by atoms with Crippen LogP contribution in [0, 0.1) is 0 Å². The molecular formula is C12H20FNS. The minimum atomic E-state index is -0.259. The number of halogens is 1. The smallest absolute Gasteiger partial charge is 0.177 e. The maximum atomic E-state index is 12.6. The van der Waals surface area contributed by atoms with Crippen LogP contribution in [-0.4, -0.2) is 0 Å². The van der Waals surface area contributed by atoms with Crippen molar-refractivity contribution in [1.82, 2.24) is 4.72 Å². The van der Waals surface area contributed by atoms with Crippen LogP contribution in [-0.2, 0) is 0 Å². The van der Waals surface area contributed by atoms with Crippen molar-refractivity contribution in [3.05, 3.63) is 47.8 Å². The average Bonchev–Trinajstić information content (AvgIpc) is 2.29. The highest BCUT2D eigenvalue weighted by Crippen LogP contribution is 2.25. The lowest BCUT2D eigenvalue weighted by Gasteiger charge is -2.13. The van der Waals surface area contributed by atoms with Crippen molar-refractivity contribution in [2.45, 2.75) is 27.7 Å². The molecule has 0 aromatic rings. The lowest BCUT2D eigenvalue weighted by molar-refractivity contribution is 0.695. The first-order valence-electron chi connectivity index (χ1n) is 5.06. The summed E-state index contributed by atoms with van der Waals surface area (Å²) in [7, 11) is 0. The van der Waals surface area contributed by atoms with Crippen LogP contribution < -0.4 is 4.72 Å². The van der Waals surface area contributed by atoms with E-state index in [2.05, 4.69) is 17.9 Å². The standard InChI is InChI=1S/C8H8FNS.2C2H6/c1-3-4-7-5-8(9)11-10-6(7)2;2*1-2/h3-5,10H,1-2H2;2*1-2H3/b7-4-;;. The third-order valence-electron chi connectivity index (χ3n) is 1.19. The maximum Gasteiger partial charge on any atom is 0.177 e. The summed E-state index contributed by atoms with van der Waals surface area (Å²) in [6, 6.07) is 0. The van der Waals surface area contributed by atoms with Gasteiger partial charge >= 0.3 is 0 Å². The fourth-order valence-corrected chi connectivity index (χ4v) is 1.21. The molecule has 0 amide bonds. The highest BCUT2D eigenvalue weighted by Gasteiger charge is 2.08. The van der Waals surface area contributed by atoms with Crippen LogP contribution in [0.1, 0.15) is 27.7 Å². The van der Waals surface area contributed by atoms with E-state index in [4.69, 9.17) is 0 Å². The summed E-state index contributed by atoms with van der Waals surface area (Å²) < 4.78 is 15.3. The zero-order valence-corrected chi connectivity index (χ0v) is 10.7. The van der Waals surface area contributed by atoms with E-state index >= 15 is 0 Å². The molecule has 0 aromatic heterocycles. The van der Waals surface area contributed by atoms with Crippen LogP contribution in [0.15, 0.2) is 47.8 Å². The van der Waals surface area contributed by atoms with E-state index in [1.807, 2.05) is 27.7 Å². The molecule has 0 radical (unpaired) electrons. The summed E-state index contributed by atoms with van der Waals surface area (Å²) in [6.45, 7) is 15.2. The molecule has 0 saturated carbocycles. The Morgan fingerprint density at radius 3 is 2.33 bits per heavy atom. The lowest BCUT2D eigenvalue weighted by atomic mass is 10.2. The van der Waals surface area contributed by atoms with Gasteiger partial charge in [0.25, 0.3) is 0 Å². The summed E-state index contributed by atoms with van der Waals surface area (Å²) in [6.07, 6.45) is 4.72. The third-order valence-corrected chi connectivity index (χ3v) is 1.85. The van der Waals surface area contributed by atoms with Gasteiger partial charge in [-0.25, -0.2) is 0 Å². The monoisotopic (exact) mass is 229 g/mol. The highest BCUT2D eigenvalue weighted by molar-refractivity contribution is 8.01. The molecular weight excluding hydrogens is 209 g/mol. The van der Waals surface area contributed by atoms with Gasteiger partial charge in [0, 0.05) is 23.2 Å². The first-order valence-corrected chi connectivity index (χ1v) is 5.87. The van der Waals surface area contributed by atoms with Crippen LogP contribution in [0.25, 0.3) is 0 Å². The molecule has 0 fully saturated rings. The minimum absolute atomic E-state index is 0.259. The molecule has 1 rings (SSSR count). The van der Waals surface area contributed by atoms with Crippen molar-refractivity contribution in [2.75, 3.05) is 0 Å². The van der Waals surface area contributed by atoms with Crippen LogP contribution in [0.5, 0.6) is 0 Å². The quantitative estimate of drug-likeness (QED) is 0.652. The van der Waals surface area contributed by atoms with Crippen LogP contribution >= 0.6 is 11.9 Å². The first-order chi connectivity index (χ1) is 7.24. The number of hydrogen-bond donors (Lipinski definition) is 1. The van der Waals surface area contributed by atoms with E-state index < -0.39 is 0 Å². The molecule has 0 bridgehead atoms. The Morgan fingerprint density at radius 2 is 1.87 bits per heavy atom. The van der Waals surface area contributed by atoms with Gasteiger partial charge in [-0.3, -0.25) is 0 Å². The van der Waals surface area contributed by atoms with Crippen molar-refractivity contribution >= 4 is 11.9 Å². The Kier molecular flexibility index (Phi) is 12.2. The fourth-order valence-electron chi connectivity index (χ4n) is 0.684. The largest absolute Gasteiger partial charge is 0.324 e. The second-order valence-corrected chi connectivity index (χ2v) is 2.79. The first kappa shape index (κ1) is 16.5. The molecule has 0 aromatic carbocycles. The molecule has 0 aliphatic carbocycles. The fraction of sp³-hybridized carbons (Fsp3) is 0.333. The summed E-state index contributed by atoms with van der Waals surface area (Å²) in [5.41, 5.74) is 1.44. The summed E-state index contributed by atoms with van der Waals surface area (Å²) >= 11 is 0.926. The Labute approximate surface area is 97.0 Å². The normalized spacial score (nSPS) is 16.2. The second kappa shape index (κ2) is 11.1. The van der Waals surface area contributed by atoms with Gasteiger partial charge in [-0.05, 0) is 6.08 Å². The van der Waals surface area contributed by atoms with Crippen molar-refractivity contribution in [1.29, 1.82) is 0 Å². The van der Waals surface area contributed by atoms with E-state index in [1.165, 1.54) is 6.08 Å². The molecule has 3 heteroatoms. The summed E-state index contributed by atoms with van der Waals surface area (Å²) in [4.78, 5) is 0. The summed E-state index contributed by atoms with van der Waals surface area (Å²) in [5, 5.41) is -0.259. The third kappa shape index (κ3) is 7.03. The average molecular weight is 229 g/mol. The van der Waals surface area contributed by atoms with Crippen LogP contribution in [0.3, 0.4) is 0 Å².